The Bertz CT molecular complexity index is 302. The van der Waals surface area contributed by atoms with Gasteiger partial charge in [0.25, 0.3) is 0 Å². The number of aliphatic carboxylic acids is 1. The van der Waals surface area contributed by atoms with Crippen LogP contribution in [0.4, 0.5) is 4.79 Å². The zero-order chi connectivity index (χ0) is 14.6. The molecule has 0 aliphatic heterocycles. The molecule has 1 unspecified atom stereocenters. The Morgan fingerprint density at radius 3 is 2.11 bits per heavy atom. The van der Waals surface area contributed by atoms with E-state index in [9.17, 15) is 9.59 Å². The number of alkyl carbamates (subject to hydrolysis) is 1. The molecule has 0 aromatic carbocycles. The SMILES string of the molecule is CC(C)(C)OC(=O)NC(CC[N+](C)(C)C)C(=O)O. The second kappa shape index (κ2) is 6.04. The van der Waals surface area contributed by atoms with Gasteiger partial charge in [0.05, 0.1) is 27.7 Å². The van der Waals surface area contributed by atoms with E-state index in [4.69, 9.17) is 9.84 Å². The third-order valence-electron chi connectivity index (χ3n) is 2.08. The molecule has 0 heterocycles. The highest BCUT2D eigenvalue weighted by Gasteiger charge is 2.25. The van der Waals surface area contributed by atoms with Crippen molar-refractivity contribution < 1.29 is 23.9 Å². The van der Waals surface area contributed by atoms with Gasteiger partial charge in [-0.3, -0.25) is 0 Å². The van der Waals surface area contributed by atoms with Crippen LogP contribution in [-0.4, -0.2) is 61.0 Å². The standard InChI is InChI=1S/C12H24N2O4/c1-12(2,3)18-11(17)13-9(10(15)16)7-8-14(4,5)6/h9H,7-8H2,1-6H3,(H-,13,15,16,17)/p+1. The number of rotatable bonds is 5. The topological polar surface area (TPSA) is 75.6 Å². The second-order valence-corrected chi connectivity index (χ2v) is 6.34. The predicted molar refractivity (Wildman–Crippen MR) is 68.3 cm³/mol. The molecule has 0 aliphatic carbocycles. The molecule has 106 valence electrons. The molecule has 0 bridgehead atoms. The van der Waals surface area contributed by atoms with E-state index in [1.54, 1.807) is 20.8 Å². The van der Waals surface area contributed by atoms with Crippen LogP contribution in [-0.2, 0) is 9.53 Å². The van der Waals surface area contributed by atoms with Crippen molar-refractivity contribution >= 4 is 12.1 Å². The average molecular weight is 261 g/mol. The summed E-state index contributed by atoms with van der Waals surface area (Å²) in [7, 11) is 5.89. The number of ether oxygens (including phenoxy) is 1. The minimum absolute atomic E-state index is 0.359. The Kier molecular flexibility index (Phi) is 5.60. The van der Waals surface area contributed by atoms with E-state index in [1.165, 1.54) is 0 Å². The fourth-order valence-electron chi connectivity index (χ4n) is 1.22. The van der Waals surface area contributed by atoms with Crippen molar-refractivity contribution in [2.75, 3.05) is 27.7 Å². The van der Waals surface area contributed by atoms with Gasteiger partial charge in [-0.1, -0.05) is 0 Å². The van der Waals surface area contributed by atoms with Crippen LogP contribution in [0.15, 0.2) is 0 Å². The summed E-state index contributed by atoms with van der Waals surface area (Å²) in [5.74, 6) is -1.05. The molecule has 1 atom stereocenters. The highest BCUT2D eigenvalue weighted by molar-refractivity contribution is 5.79. The molecule has 0 fully saturated rings. The van der Waals surface area contributed by atoms with E-state index >= 15 is 0 Å². The molecule has 0 saturated heterocycles. The van der Waals surface area contributed by atoms with Crippen molar-refractivity contribution in [2.24, 2.45) is 0 Å². The summed E-state index contributed by atoms with van der Waals surface area (Å²) in [5.41, 5.74) is -0.632. The molecule has 0 aromatic rings. The van der Waals surface area contributed by atoms with E-state index in [1.807, 2.05) is 21.1 Å². The summed E-state index contributed by atoms with van der Waals surface area (Å²) in [6.45, 7) is 5.84. The van der Waals surface area contributed by atoms with E-state index in [0.717, 1.165) is 0 Å². The predicted octanol–water partition coefficient (Wildman–Crippen LogP) is 1.06. The zero-order valence-corrected chi connectivity index (χ0v) is 12.1. The van der Waals surface area contributed by atoms with Crippen LogP contribution in [0.25, 0.3) is 0 Å². The van der Waals surface area contributed by atoms with Gasteiger partial charge < -0.3 is 19.6 Å². The molecule has 0 aliphatic rings. The number of carboxylic acid groups (broad SMARTS) is 1. The van der Waals surface area contributed by atoms with Crippen molar-refractivity contribution in [1.29, 1.82) is 0 Å². The Morgan fingerprint density at radius 2 is 1.78 bits per heavy atom. The van der Waals surface area contributed by atoms with Crippen LogP contribution < -0.4 is 5.32 Å². The monoisotopic (exact) mass is 261 g/mol. The molecule has 0 radical (unpaired) electrons. The van der Waals surface area contributed by atoms with E-state index < -0.39 is 23.7 Å². The number of amides is 1. The minimum atomic E-state index is -1.05. The third kappa shape index (κ3) is 8.81. The lowest BCUT2D eigenvalue weighted by Crippen LogP contribution is -2.46. The maximum atomic E-state index is 11.5. The Hall–Kier alpha value is -1.30. The number of carbonyl (C=O) groups is 2. The van der Waals surface area contributed by atoms with Crippen molar-refractivity contribution in [1.82, 2.24) is 5.32 Å². The van der Waals surface area contributed by atoms with Gasteiger partial charge in [0.15, 0.2) is 0 Å². The molecule has 0 rings (SSSR count). The lowest BCUT2D eigenvalue weighted by Gasteiger charge is -2.26. The molecule has 0 aromatic heterocycles. The first kappa shape index (κ1) is 16.7. The molecule has 6 nitrogen and oxygen atoms in total. The molecule has 2 N–H and O–H groups in total. The van der Waals surface area contributed by atoms with Gasteiger partial charge in [0.1, 0.15) is 11.6 Å². The second-order valence-electron chi connectivity index (χ2n) is 6.34. The number of hydrogen-bond acceptors (Lipinski definition) is 3. The highest BCUT2D eigenvalue weighted by Crippen LogP contribution is 2.07. The average Bonchev–Trinajstić information content (AvgIpc) is 2.06. The summed E-state index contributed by atoms with van der Waals surface area (Å²) >= 11 is 0. The molecule has 1 amide bonds. The van der Waals surface area contributed by atoms with Crippen LogP contribution in [0.3, 0.4) is 0 Å². The van der Waals surface area contributed by atoms with Gasteiger partial charge in [0.2, 0.25) is 0 Å². The number of nitrogens with one attached hydrogen (secondary N) is 1. The Morgan fingerprint density at radius 1 is 1.28 bits per heavy atom. The number of quaternary nitrogens is 1. The Balaban J connectivity index is 4.37. The summed E-state index contributed by atoms with van der Waals surface area (Å²) < 4.78 is 5.67. The minimum Gasteiger partial charge on any atom is -0.480 e. The lowest BCUT2D eigenvalue weighted by molar-refractivity contribution is -0.870. The summed E-state index contributed by atoms with van der Waals surface area (Å²) in [4.78, 5) is 22.5. The van der Waals surface area contributed by atoms with Gasteiger partial charge >= 0.3 is 12.1 Å². The molecule has 18 heavy (non-hydrogen) atoms. The van der Waals surface area contributed by atoms with Crippen molar-refractivity contribution in [2.45, 2.75) is 38.8 Å². The molecular formula is C12H25N2O4+. The number of carbonyl (C=O) groups excluding carboxylic acids is 1. The smallest absolute Gasteiger partial charge is 0.408 e. The molecule has 0 spiro atoms. The molecular weight excluding hydrogens is 236 g/mol. The normalized spacial score (nSPS) is 13.9. The fourth-order valence-corrected chi connectivity index (χ4v) is 1.22. The number of carboxylic acids is 1. The first-order valence-electron chi connectivity index (χ1n) is 5.93. The van der Waals surface area contributed by atoms with Crippen LogP contribution in [0.1, 0.15) is 27.2 Å². The van der Waals surface area contributed by atoms with E-state index in [0.29, 0.717) is 17.4 Å². The molecule has 6 heteroatoms. The van der Waals surface area contributed by atoms with Crippen LogP contribution in [0.5, 0.6) is 0 Å². The number of nitrogens with zero attached hydrogens (tertiary/aromatic N) is 1. The summed E-state index contributed by atoms with van der Waals surface area (Å²) in [6.07, 6.45) is -0.339. The van der Waals surface area contributed by atoms with Crippen molar-refractivity contribution in [3.05, 3.63) is 0 Å². The lowest BCUT2D eigenvalue weighted by atomic mass is 10.2. The van der Waals surface area contributed by atoms with Crippen molar-refractivity contribution in [3.63, 3.8) is 0 Å². The maximum absolute atomic E-state index is 11.5. The Labute approximate surface area is 109 Å². The molecule has 0 saturated carbocycles. The van der Waals surface area contributed by atoms with E-state index in [-0.39, 0.29) is 0 Å². The number of hydrogen-bond donors (Lipinski definition) is 2. The van der Waals surface area contributed by atoms with Crippen LogP contribution >= 0.6 is 0 Å². The third-order valence-corrected chi connectivity index (χ3v) is 2.08. The summed E-state index contributed by atoms with van der Waals surface area (Å²) in [5, 5.41) is 11.4. The van der Waals surface area contributed by atoms with E-state index in [2.05, 4.69) is 5.32 Å². The summed E-state index contributed by atoms with van der Waals surface area (Å²) in [6, 6.07) is -0.919. The van der Waals surface area contributed by atoms with Gasteiger partial charge in [-0.05, 0) is 20.8 Å². The zero-order valence-electron chi connectivity index (χ0n) is 12.1. The van der Waals surface area contributed by atoms with Gasteiger partial charge in [-0.2, -0.15) is 0 Å². The largest absolute Gasteiger partial charge is 0.480 e. The van der Waals surface area contributed by atoms with Crippen molar-refractivity contribution in [3.8, 4) is 0 Å². The fraction of sp³-hybridized carbons (Fsp3) is 0.833. The maximum Gasteiger partial charge on any atom is 0.408 e. The van der Waals surface area contributed by atoms with Crippen LogP contribution in [0.2, 0.25) is 0 Å². The first-order valence-corrected chi connectivity index (χ1v) is 5.93. The first-order chi connectivity index (χ1) is 7.91. The van der Waals surface area contributed by atoms with Crippen LogP contribution in [0, 0.1) is 0 Å². The van der Waals surface area contributed by atoms with Gasteiger partial charge in [0, 0.05) is 6.42 Å². The van der Waals surface area contributed by atoms with Gasteiger partial charge in [-0.15, -0.1) is 0 Å². The van der Waals surface area contributed by atoms with Gasteiger partial charge in [-0.25, -0.2) is 9.59 Å². The highest BCUT2D eigenvalue weighted by atomic mass is 16.6. The quantitative estimate of drug-likeness (QED) is 0.726.